The molecule has 2 bridgehead atoms. The van der Waals surface area contributed by atoms with Gasteiger partial charge >= 0.3 is 0 Å². The number of rotatable bonds is 0. The number of ether oxygens (including phenoxy) is 1. The van der Waals surface area contributed by atoms with E-state index in [2.05, 4.69) is 10.3 Å². The summed E-state index contributed by atoms with van der Waals surface area (Å²) in [6.45, 7) is 0.727. The molecule has 1 aliphatic carbocycles. The normalized spacial score (nSPS) is 37.4. The number of phenols is 1. The fourth-order valence-corrected chi connectivity index (χ4v) is 6.72. The molecule has 6 aliphatic rings. The Hall–Kier alpha value is -2.12. The van der Waals surface area contributed by atoms with Gasteiger partial charge in [0.2, 0.25) is 0 Å². The van der Waals surface area contributed by atoms with E-state index < -0.39 is 0 Å². The van der Waals surface area contributed by atoms with Gasteiger partial charge in [0.05, 0.1) is 21.8 Å². The first-order valence-corrected chi connectivity index (χ1v) is 9.42. The van der Waals surface area contributed by atoms with Crippen LogP contribution in [-0.4, -0.2) is 41.2 Å². The summed E-state index contributed by atoms with van der Waals surface area (Å²) in [5, 5.41) is 16.5. The first-order chi connectivity index (χ1) is 12.2. The quantitative estimate of drug-likeness (QED) is 0.529. The molecule has 5 aliphatic heterocycles. The largest absolute Gasteiger partial charge is 0.504 e. The van der Waals surface area contributed by atoms with Crippen LogP contribution in [0.2, 0.25) is 0 Å². The van der Waals surface area contributed by atoms with Crippen LogP contribution < -0.4 is 15.9 Å². The lowest BCUT2D eigenvalue weighted by atomic mass is 9.67. The molecule has 2 fully saturated rings. The molecule has 0 saturated carbocycles. The number of nitrogens with one attached hydrogen (secondary N) is 1. The number of anilines is 1. The Balaban J connectivity index is 1.68. The summed E-state index contributed by atoms with van der Waals surface area (Å²) in [5.41, 5.74) is 3.17. The third-order valence-electron chi connectivity index (χ3n) is 6.24. The second-order valence-electron chi connectivity index (χ2n) is 7.40. The molecule has 7 heteroatoms. The standard InChI is InChI=1S/C18H13N3O3S/c22-7-3-8-18(17-16(7)24-17)4-9(25-8)21-14-11(18)12-10-6(1-2-19-12)5-20-13(10)15(14)23/h3,5,9,16-17,21,23H,1-2,4H2/t9-,16+,17+,18+/m0/s1. The molecule has 0 unspecified atom stereocenters. The number of benzene rings is 1. The number of fused-ring (bicyclic) bond motifs is 4. The SMILES string of the molecule is O=C1C=C2S[C@H]3C[C@@]2(c2c(c(O)c4c5c2=NCCC=5C=N4)N3)[C@@H]2O[C@H]12. The average Bonchev–Trinajstić information content (AvgIpc) is 3.23. The fraction of sp³-hybridized carbons (Fsp3) is 0.389. The smallest absolute Gasteiger partial charge is 0.187 e. The zero-order valence-corrected chi connectivity index (χ0v) is 13.9. The Labute approximate surface area is 146 Å². The summed E-state index contributed by atoms with van der Waals surface area (Å²) in [7, 11) is 0. The van der Waals surface area contributed by atoms with E-state index in [0.717, 1.165) is 51.7 Å². The van der Waals surface area contributed by atoms with Crippen molar-refractivity contribution in [2.45, 2.75) is 35.8 Å². The number of hydrogen-bond donors (Lipinski definition) is 2. The number of carbonyl (C=O) groups excluding carboxylic acids is 1. The van der Waals surface area contributed by atoms with Gasteiger partial charge in [-0.3, -0.25) is 14.8 Å². The van der Waals surface area contributed by atoms with Gasteiger partial charge in [-0.2, -0.15) is 0 Å². The van der Waals surface area contributed by atoms with Crippen LogP contribution in [0.15, 0.2) is 21.0 Å². The van der Waals surface area contributed by atoms with E-state index in [1.54, 1.807) is 17.8 Å². The molecule has 124 valence electrons. The number of phenolic OH excluding ortho intramolecular Hbond substituents is 1. The van der Waals surface area contributed by atoms with E-state index in [0.29, 0.717) is 5.69 Å². The molecular formula is C18H13N3O3S. The molecule has 1 spiro atoms. The van der Waals surface area contributed by atoms with E-state index in [-0.39, 0.29) is 34.5 Å². The van der Waals surface area contributed by atoms with Gasteiger partial charge in [-0.05, 0) is 24.5 Å². The Morgan fingerprint density at radius 3 is 3.28 bits per heavy atom. The van der Waals surface area contributed by atoms with Gasteiger partial charge in [-0.25, -0.2) is 0 Å². The van der Waals surface area contributed by atoms with E-state index in [1.807, 2.05) is 6.21 Å². The van der Waals surface area contributed by atoms with Crippen LogP contribution in [0.1, 0.15) is 18.4 Å². The average molecular weight is 351 g/mol. The maximum atomic E-state index is 12.2. The highest BCUT2D eigenvalue weighted by Crippen LogP contribution is 2.65. The zero-order valence-electron chi connectivity index (χ0n) is 13.1. The Kier molecular flexibility index (Phi) is 2.01. The molecule has 7 rings (SSSR count). The molecule has 2 N–H and O–H groups in total. The fourth-order valence-electron chi connectivity index (χ4n) is 5.19. The van der Waals surface area contributed by atoms with Crippen LogP contribution >= 0.6 is 11.8 Å². The number of aliphatic imine (C=N–C) groups is 1. The second kappa shape index (κ2) is 3.83. The van der Waals surface area contributed by atoms with E-state index in [4.69, 9.17) is 9.73 Å². The first kappa shape index (κ1) is 13.1. The highest BCUT2D eigenvalue weighted by molar-refractivity contribution is 8.04. The van der Waals surface area contributed by atoms with Gasteiger partial charge in [0.1, 0.15) is 17.9 Å². The molecule has 6 nitrogen and oxygen atoms in total. The van der Waals surface area contributed by atoms with Crippen molar-refractivity contribution in [3.05, 3.63) is 27.1 Å². The van der Waals surface area contributed by atoms with Crippen LogP contribution in [0.3, 0.4) is 0 Å². The predicted octanol–water partition coefficient (Wildman–Crippen LogP) is 0.642. The Morgan fingerprint density at radius 1 is 1.44 bits per heavy atom. The molecule has 0 radical (unpaired) electrons. The van der Waals surface area contributed by atoms with Crippen molar-refractivity contribution in [3.63, 3.8) is 0 Å². The number of carbonyl (C=O) groups is 1. The Morgan fingerprint density at radius 2 is 2.36 bits per heavy atom. The van der Waals surface area contributed by atoms with Gasteiger partial charge in [-0.15, -0.1) is 11.8 Å². The maximum absolute atomic E-state index is 12.2. The second-order valence-corrected chi connectivity index (χ2v) is 8.65. The third-order valence-corrected chi connectivity index (χ3v) is 7.55. The monoisotopic (exact) mass is 351 g/mol. The Bertz CT molecular complexity index is 1120. The van der Waals surface area contributed by atoms with Crippen molar-refractivity contribution in [2.24, 2.45) is 9.98 Å². The summed E-state index contributed by atoms with van der Waals surface area (Å²) in [5.74, 6) is 0.274. The minimum absolute atomic E-state index is 0.0683. The molecule has 0 aromatic heterocycles. The van der Waals surface area contributed by atoms with E-state index in [9.17, 15) is 9.90 Å². The number of nitrogens with zero attached hydrogens (tertiary/aromatic N) is 2. The van der Waals surface area contributed by atoms with Gasteiger partial charge in [-0.1, -0.05) is 0 Å². The van der Waals surface area contributed by atoms with Gasteiger partial charge in [0.25, 0.3) is 0 Å². The zero-order chi connectivity index (χ0) is 16.5. The summed E-state index contributed by atoms with van der Waals surface area (Å²) < 4.78 is 5.84. The van der Waals surface area contributed by atoms with Crippen LogP contribution in [0.4, 0.5) is 11.4 Å². The summed E-state index contributed by atoms with van der Waals surface area (Å²) in [6, 6.07) is 0. The number of aromatic hydroxyl groups is 1. The lowest BCUT2D eigenvalue weighted by Gasteiger charge is -2.36. The van der Waals surface area contributed by atoms with E-state index in [1.165, 1.54) is 0 Å². The molecule has 0 amide bonds. The molecule has 2 saturated heterocycles. The summed E-state index contributed by atoms with van der Waals surface area (Å²) >= 11 is 1.68. The van der Waals surface area contributed by atoms with Crippen LogP contribution in [-0.2, 0) is 14.9 Å². The van der Waals surface area contributed by atoms with Gasteiger partial charge in [0.15, 0.2) is 11.5 Å². The summed E-state index contributed by atoms with van der Waals surface area (Å²) in [4.78, 5) is 22.6. The minimum atomic E-state index is -0.356. The molecule has 25 heavy (non-hydrogen) atoms. The van der Waals surface area contributed by atoms with Crippen molar-refractivity contribution in [3.8, 4) is 5.75 Å². The van der Waals surface area contributed by atoms with Crippen molar-refractivity contribution in [2.75, 3.05) is 11.9 Å². The molecule has 5 heterocycles. The van der Waals surface area contributed by atoms with Crippen LogP contribution in [0.25, 0.3) is 5.57 Å². The van der Waals surface area contributed by atoms with Crippen molar-refractivity contribution < 1.29 is 14.6 Å². The number of thioether (sulfide) groups is 1. The first-order valence-electron chi connectivity index (χ1n) is 8.54. The maximum Gasteiger partial charge on any atom is 0.187 e. The number of ketones is 1. The third kappa shape index (κ3) is 1.29. The molecular weight excluding hydrogens is 338 g/mol. The minimum Gasteiger partial charge on any atom is -0.504 e. The lowest BCUT2D eigenvalue weighted by Crippen LogP contribution is -2.49. The predicted molar refractivity (Wildman–Crippen MR) is 93.0 cm³/mol. The molecule has 1 aromatic carbocycles. The topological polar surface area (TPSA) is 86.6 Å². The van der Waals surface area contributed by atoms with Crippen LogP contribution in [0, 0.1) is 0 Å². The number of hydrogen-bond acceptors (Lipinski definition) is 7. The van der Waals surface area contributed by atoms with Crippen molar-refractivity contribution in [1.29, 1.82) is 0 Å². The van der Waals surface area contributed by atoms with Crippen molar-refractivity contribution in [1.82, 2.24) is 0 Å². The summed E-state index contributed by atoms with van der Waals surface area (Å²) in [6.07, 6.45) is 4.87. The van der Waals surface area contributed by atoms with Crippen molar-refractivity contribution >= 4 is 40.7 Å². The lowest BCUT2D eigenvalue weighted by molar-refractivity contribution is -0.115. The van der Waals surface area contributed by atoms with E-state index >= 15 is 0 Å². The number of epoxide rings is 1. The highest BCUT2D eigenvalue weighted by Gasteiger charge is 2.68. The van der Waals surface area contributed by atoms with Gasteiger partial charge in [0, 0.05) is 28.4 Å². The van der Waals surface area contributed by atoms with Gasteiger partial charge < -0.3 is 15.2 Å². The highest BCUT2D eigenvalue weighted by atomic mass is 32.2. The van der Waals surface area contributed by atoms with Crippen LogP contribution in [0.5, 0.6) is 5.75 Å². The molecule has 4 atom stereocenters. The molecule has 1 aromatic rings.